The first-order chi connectivity index (χ1) is 11.8. The first-order valence-electron chi connectivity index (χ1n) is 8.49. The molecule has 0 radical (unpaired) electrons. The van der Waals surface area contributed by atoms with Crippen LogP contribution in [0.1, 0.15) is 48.9 Å². The van der Waals surface area contributed by atoms with Crippen LogP contribution in [0.4, 0.5) is 0 Å². The molecule has 0 heterocycles. The summed E-state index contributed by atoms with van der Waals surface area (Å²) in [6.07, 6.45) is 0. The molecule has 2 rings (SSSR count). The number of nitrogens with one attached hydrogen (secondary N) is 1. The van der Waals surface area contributed by atoms with Gasteiger partial charge in [-0.05, 0) is 61.1 Å². The van der Waals surface area contributed by atoms with Crippen molar-refractivity contribution < 1.29 is 9.53 Å². The average molecular weight is 338 g/mol. The first kappa shape index (κ1) is 18.7. The number of amides is 1. The van der Waals surface area contributed by atoms with E-state index < -0.39 is 0 Å². The van der Waals surface area contributed by atoms with Gasteiger partial charge in [-0.2, -0.15) is 5.10 Å². The molecule has 0 saturated heterocycles. The third kappa shape index (κ3) is 5.75. The van der Waals surface area contributed by atoms with E-state index >= 15 is 0 Å². The van der Waals surface area contributed by atoms with Gasteiger partial charge in [0.15, 0.2) is 6.61 Å². The van der Waals surface area contributed by atoms with E-state index in [1.165, 1.54) is 5.56 Å². The normalized spacial score (nSPS) is 11.5. The van der Waals surface area contributed by atoms with Gasteiger partial charge in [-0.3, -0.25) is 4.79 Å². The Labute approximate surface area is 149 Å². The van der Waals surface area contributed by atoms with Crippen molar-refractivity contribution in [3.63, 3.8) is 0 Å². The number of hydrazone groups is 1. The van der Waals surface area contributed by atoms with Crippen LogP contribution < -0.4 is 10.2 Å². The van der Waals surface area contributed by atoms with Gasteiger partial charge in [0.1, 0.15) is 5.75 Å². The number of ether oxygens (including phenoxy) is 1. The molecule has 0 fully saturated rings. The highest BCUT2D eigenvalue weighted by Gasteiger charge is 2.05. The van der Waals surface area contributed by atoms with Crippen molar-refractivity contribution in [2.75, 3.05) is 6.61 Å². The lowest BCUT2D eigenvalue weighted by molar-refractivity contribution is -0.123. The van der Waals surface area contributed by atoms with Crippen molar-refractivity contribution in [2.24, 2.45) is 5.10 Å². The molecule has 0 unspecified atom stereocenters. The maximum Gasteiger partial charge on any atom is 0.277 e. The van der Waals surface area contributed by atoms with Crippen molar-refractivity contribution in [1.82, 2.24) is 5.43 Å². The van der Waals surface area contributed by atoms with Crippen LogP contribution in [0.2, 0.25) is 0 Å². The van der Waals surface area contributed by atoms with Gasteiger partial charge in [0.25, 0.3) is 5.91 Å². The minimum Gasteiger partial charge on any atom is -0.484 e. The van der Waals surface area contributed by atoms with E-state index in [9.17, 15) is 4.79 Å². The topological polar surface area (TPSA) is 50.7 Å². The minimum absolute atomic E-state index is 0.0635. The van der Waals surface area contributed by atoms with E-state index in [0.717, 1.165) is 22.4 Å². The lowest BCUT2D eigenvalue weighted by Crippen LogP contribution is -2.25. The Morgan fingerprint density at radius 3 is 2.24 bits per heavy atom. The second-order valence-corrected chi connectivity index (χ2v) is 6.62. The number of carbonyl (C=O) groups excluding carboxylic acids is 1. The van der Waals surface area contributed by atoms with E-state index in [-0.39, 0.29) is 12.5 Å². The Morgan fingerprint density at radius 2 is 1.68 bits per heavy atom. The van der Waals surface area contributed by atoms with Crippen molar-refractivity contribution in [1.29, 1.82) is 0 Å². The van der Waals surface area contributed by atoms with Crippen molar-refractivity contribution in [3.8, 4) is 5.75 Å². The van der Waals surface area contributed by atoms with Crippen LogP contribution in [0.15, 0.2) is 47.6 Å². The lowest BCUT2D eigenvalue weighted by atomic mass is 10.0. The fraction of sp³-hybridized carbons (Fsp3) is 0.333. The number of nitrogens with zero attached hydrogens (tertiary/aromatic N) is 1. The summed E-state index contributed by atoms with van der Waals surface area (Å²) in [5, 5.41) is 4.15. The fourth-order valence-corrected chi connectivity index (χ4v) is 2.52. The summed E-state index contributed by atoms with van der Waals surface area (Å²) in [4.78, 5) is 11.9. The molecule has 0 spiro atoms. The molecule has 0 aromatic heterocycles. The van der Waals surface area contributed by atoms with Crippen LogP contribution in [0.25, 0.3) is 0 Å². The van der Waals surface area contributed by atoms with Gasteiger partial charge in [0.05, 0.1) is 5.71 Å². The monoisotopic (exact) mass is 338 g/mol. The maximum absolute atomic E-state index is 11.9. The summed E-state index contributed by atoms with van der Waals surface area (Å²) >= 11 is 0. The highest BCUT2D eigenvalue weighted by molar-refractivity contribution is 5.99. The summed E-state index contributed by atoms with van der Waals surface area (Å²) in [5.74, 6) is 0.906. The molecule has 25 heavy (non-hydrogen) atoms. The molecule has 4 nitrogen and oxygen atoms in total. The molecule has 0 aliphatic heterocycles. The molecule has 132 valence electrons. The number of benzene rings is 2. The zero-order valence-corrected chi connectivity index (χ0v) is 15.6. The van der Waals surface area contributed by atoms with Crippen LogP contribution >= 0.6 is 0 Å². The van der Waals surface area contributed by atoms with Crippen molar-refractivity contribution >= 4 is 11.6 Å². The van der Waals surface area contributed by atoms with Crippen LogP contribution in [0, 0.1) is 13.8 Å². The van der Waals surface area contributed by atoms with Crippen LogP contribution in [-0.2, 0) is 4.79 Å². The van der Waals surface area contributed by atoms with E-state index in [2.05, 4.69) is 42.6 Å². The molecule has 2 aromatic carbocycles. The molecular formula is C21H26N2O2. The standard InChI is InChI=1S/C21H26N2O2/c1-14(2)18-6-8-19(9-7-18)17(5)22-23-21(24)13-25-20-11-15(3)10-16(4)12-20/h6-12,14H,13H2,1-5H3,(H,23,24)/b22-17-. The van der Waals surface area contributed by atoms with Gasteiger partial charge >= 0.3 is 0 Å². The number of aryl methyl sites for hydroxylation is 2. The molecular weight excluding hydrogens is 312 g/mol. The molecule has 1 N–H and O–H groups in total. The van der Waals surface area contributed by atoms with Crippen LogP contribution in [-0.4, -0.2) is 18.2 Å². The molecule has 2 aromatic rings. The highest BCUT2D eigenvalue weighted by Crippen LogP contribution is 2.16. The van der Waals surface area contributed by atoms with E-state index in [1.807, 2.05) is 45.0 Å². The van der Waals surface area contributed by atoms with Crippen molar-refractivity contribution in [2.45, 2.75) is 40.5 Å². The Hall–Kier alpha value is -2.62. The summed E-state index contributed by atoms with van der Waals surface area (Å²) in [7, 11) is 0. The van der Waals surface area contributed by atoms with Gasteiger partial charge in [-0.15, -0.1) is 0 Å². The first-order valence-corrected chi connectivity index (χ1v) is 8.49. The summed E-state index contributed by atoms with van der Waals surface area (Å²) < 4.78 is 5.53. The SMILES string of the molecule is C/C(=N/NC(=O)COc1cc(C)cc(C)c1)c1ccc(C(C)C)cc1. The van der Waals surface area contributed by atoms with Crippen LogP contribution in [0.3, 0.4) is 0 Å². The van der Waals surface area contributed by atoms with Gasteiger partial charge in [-0.1, -0.05) is 44.2 Å². The average Bonchev–Trinajstić information content (AvgIpc) is 2.57. The zero-order chi connectivity index (χ0) is 18.4. The Bertz CT molecular complexity index is 742. The second-order valence-electron chi connectivity index (χ2n) is 6.62. The summed E-state index contributed by atoms with van der Waals surface area (Å²) in [6, 6.07) is 14.1. The van der Waals surface area contributed by atoms with Gasteiger partial charge in [0.2, 0.25) is 0 Å². The third-order valence-electron chi connectivity index (χ3n) is 3.91. The molecule has 4 heteroatoms. The van der Waals surface area contributed by atoms with E-state index in [4.69, 9.17) is 4.74 Å². The third-order valence-corrected chi connectivity index (χ3v) is 3.91. The largest absolute Gasteiger partial charge is 0.484 e. The maximum atomic E-state index is 11.9. The molecule has 0 aliphatic carbocycles. The Morgan fingerprint density at radius 1 is 1.08 bits per heavy atom. The Kier molecular flexibility index (Phi) is 6.34. The van der Waals surface area contributed by atoms with Crippen LogP contribution in [0.5, 0.6) is 5.75 Å². The fourth-order valence-electron chi connectivity index (χ4n) is 2.52. The second kappa shape index (κ2) is 8.47. The number of carbonyl (C=O) groups is 1. The zero-order valence-electron chi connectivity index (χ0n) is 15.6. The molecule has 0 saturated carbocycles. The lowest BCUT2D eigenvalue weighted by Gasteiger charge is -2.08. The molecule has 0 atom stereocenters. The summed E-state index contributed by atoms with van der Waals surface area (Å²) in [5.41, 5.74) is 7.78. The number of rotatable bonds is 6. The quantitative estimate of drug-likeness (QED) is 0.629. The van der Waals surface area contributed by atoms with Gasteiger partial charge in [0, 0.05) is 0 Å². The predicted molar refractivity (Wildman–Crippen MR) is 102 cm³/mol. The molecule has 0 bridgehead atoms. The highest BCUT2D eigenvalue weighted by atomic mass is 16.5. The van der Waals surface area contributed by atoms with Crippen molar-refractivity contribution in [3.05, 3.63) is 64.7 Å². The smallest absolute Gasteiger partial charge is 0.277 e. The predicted octanol–water partition coefficient (Wildman–Crippen LogP) is 4.35. The Balaban J connectivity index is 1.90. The minimum atomic E-state index is -0.280. The summed E-state index contributed by atoms with van der Waals surface area (Å²) in [6.45, 7) is 10.1. The number of hydrogen-bond donors (Lipinski definition) is 1. The number of hydrogen-bond acceptors (Lipinski definition) is 3. The molecule has 0 aliphatic rings. The van der Waals surface area contributed by atoms with E-state index in [1.54, 1.807) is 0 Å². The van der Waals surface area contributed by atoms with E-state index in [0.29, 0.717) is 11.7 Å². The van der Waals surface area contributed by atoms with Gasteiger partial charge < -0.3 is 4.74 Å². The van der Waals surface area contributed by atoms with Gasteiger partial charge in [-0.25, -0.2) is 5.43 Å². The molecule has 1 amide bonds.